The minimum atomic E-state index is -0.0976. The van der Waals surface area contributed by atoms with Crippen LogP contribution >= 0.6 is 35.3 Å². The van der Waals surface area contributed by atoms with E-state index in [0.717, 1.165) is 34.5 Å². The quantitative estimate of drug-likeness (QED) is 0.278. The van der Waals surface area contributed by atoms with Gasteiger partial charge in [0, 0.05) is 31.0 Å². The van der Waals surface area contributed by atoms with E-state index in [1.165, 1.54) is 11.3 Å². The average molecular weight is 505 g/mol. The molecule has 0 atom stereocenters. The molecule has 33 heavy (non-hydrogen) atoms. The Kier molecular flexibility index (Phi) is 8.35. The molecule has 2 heterocycles. The lowest BCUT2D eigenvalue weighted by Gasteiger charge is -2.20. The number of hydrogen-bond donors (Lipinski definition) is 0. The van der Waals surface area contributed by atoms with E-state index in [0.29, 0.717) is 22.3 Å². The normalized spacial score (nSPS) is 10.9. The fourth-order valence-corrected chi connectivity index (χ4v) is 4.77. The first kappa shape index (κ1) is 25.0. The van der Waals surface area contributed by atoms with Crippen molar-refractivity contribution in [3.63, 3.8) is 0 Å². The van der Waals surface area contributed by atoms with Crippen LogP contribution in [0.5, 0.6) is 5.75 Å². The number of hydrogen-bond acceptors (Lipinski definition) is 5. The molecule has 1 amide bonds. The molecule has 0 aliphatic heterocycles. The number of rotatable bonds is 8. The fourth-order valence-electron chi connectivity index (χ4n) is 3.42. The highest BCUT2D eigenvalue weighted by molar-refractivity contribution is 7.23. The van der Waals surface area contributed by atoms with Crippen LogP contribution in [0.3, 0.4) is 0 Å². The van der Waals surface area contributed by atoms with E-state index in [-0.39, 0.29) is 24.4 Å². The molecule has 0 unspecified atom stereocenters. The second kappa shape index (κ2) is 11.0. The summed E-state index contributed by atoms with van der Waals surface area (Å²) >= 11 is 7.86. The number of nitrogens with zero attached hydrogens (tertiary/aromatic N) is 4. The molecule has 0 saturated carbocycles. The SMILES string of the molecule is Cc1ccc(Cl)c2sc(N(CCCn3ccnc3)C(=O)c3ccc(OC(C)C)cc3)nc12.Cl. The maximum absolute atomic E-state index is 13.5. The lowest BCUT2D eigenvalue weighted by molar-refractivity contribution is 0.0986. The first-order chi connectivity index (χ1) is 15.4. The van der Waals surface area contributed by atoms with Gasteiger partial charge in [-0.1, -0.05) is 29.0 Å². The zero-order valence-electron chi connectivity index (χ0n) is 18.7. The van der Waals surface area contributed by atoms with Crippen molar-refractivity contribution >= 4 is 56.6 Å². The number of carbonyl (C=O) groups excluding carboxylic acids is 1. The molecule has 0 saturated heterocycles. The van der Waals surface area contributed by atoms with Gasteiger partial charge in [0.2, 0.25) is 0 Å². The second-order valence-corrected chi connectivity index (χ2v) is 9.23. The number of amides is 1. The van der Waals surface area contributed by atoms with Gasteiger partial charge in [-0.2, -0.15) is 0 Å². The predicted molar refractivity (Wildman–Crippen MR) is 137 cm³/mol. The van der Waals surface area contributed by atoms with Crippen molar-refractivity contribution < 1.29 is 9.53 Å². The lowest BCUT2D eigenvalue weighted by Crippen LogP contribution is -2.32. The van der Waals surface area contributed by atoms with E-state index in [1.807, 2.05) is 55.8 Å². The number of ether oxygens (including phenoxy) is 1. The monoisotopic (exact) mass is 504 g/mol. The zero-order valence-corrected chi connectivity index (χ0v) is 21.1. The number of thiazole rings is 1. The molecule has 2 aromatic carbocycles. The third kappa shape index (κ3) is 5.85. The Morgan fingerprint density at radius 3 is 2.61 bits per heavy atom. The van der Waals surface area contributed by atoms with Crippen molar-refractivity contribution in [2.45, 2.75) is 39.8 Å². The highest BCUT2D eigenvalue weighted by Gasteiger charge is 2.22. The standard InChI is InChI=1S/C24H25ClN4O2S.ClH/c1-16(2)31-19-8-6-18(7-9-19)23(30)29(13-4-12-28-14-11-26-15-28)24-27-21-17(3)5-10-20(25)22(21)32-24;/h5-11,14-16H,4,12-13H2,1-3H3;1H. The average Bonchev–Trinajstić information content (AvgIpc) is 3.44. The van der Waals surface area contributed by atoms with E-state index < -0.39 is 0 Å². The van der Waals surface area contributed by atoms with Gasteiger partial charge in [0.15, 0.2) is 5.13 Å². The highest BCUT2D eigenvalue weighted by atomic mass is 35.5. The third-order valence-electron chi connectivity index (χ3n) is 4.99. The van der Waals surface area contributed by atoms with E-state index in [1.54, 1.807) is 29.6 Å². The summed E-state index contributed by atoms with van der Waals surface area (Å²) in [6, 6.07) is 11.1. The number of carbonyl (C=O) groups is 1. The van der Waals surface area contributed by atoms with Crippen molar-refractivity contribution in [1.82, 2.24) is 14.5 Å². The molecule has 2 aromatic heterocycles. The summed E-state index contributed by atoms with van der Waals surface area (Å²) in [6.07, 6.45) is 6.29. The summed E-state index contributed by atoms with van der Waals surface area (Å²) in [6.45, 7) is 7.23. The first-order valence-electron chi connectivity index (χ1n) is 10.5. The largest absolute Gasteiger partial charge is 0.491 e. The van der Waals surface area contributed by atoms with Crippen molar-refractivity contribution in [2.75, 3.05) is 11.4 Å². The van der Waals surface area contributed by atoms with Crippen LogP contribution in [-0.4, -0.2) is 33.1 Å². The van der Waals surface area contributed by atoms with Crippen LogP contribution < -0.4 is 9.64 Å². The Hall–Kier alpha value is -2.61. The number of imidazole rings is 1. The second-order valence-electron chi connectivity index (χ2n) is 7.84. The number of aryl methyl sites for hydroxylation is 2. The Morgan fingerprint density at radius 2 is 1.97 bits per heavy atom. The fraction of sp³-hybridized carbons (Fsp3) is 0.292. The maximum atomic E-state index is 13.5. The molecular weight excluding hydrogens is 479 g/mol. The number of anilines is 1. The summed E-state index contributed by atoms with van der Waals surface area (Å²) in [5.41, 5.74) is 2.46. The van der Waals surface area contributed by atoms with E-state index >= 15 is 0 Å². The van der Waals surface area contributed by atoms with Gasteiger partial charge in [-0.05, 0) is 63.1 Å². The molecule has 6 nitrogen and oxygen atoms in total. The van der Waals surface area contributed by atoms with E-state index in [9.17, 15) is 4.79 Å². The Morgan fingerprint density at radius 1 is 1.21 bits per heavy atom. The number of fused-ring (bicyclic) bond motifs is 1. The highest BCUT2D eigenvalue weighted by Crippen LogP contribution is 2.36. The van der Waals surface area contributed by atoms with Gasteiger partial charge in [-0.15, -0.1) is 12.4 Å². The van der Waals surface area contributed by atoms with E-state index in [4.69, 9.17) is 21.3 Å². The van der Waals surface area contributed by atoms with Gasteiger partial charge >= 0.3 is 0 Å². The van der Waals surface area contributed by atoms with Crippen LogP contribution in [0, 0.1) is 6.92 Å². The van der Waals surface area contributed by atoms with Gasteiger partial charge in [0.05, 0.1) is 27.7 Å². The minimum Gasteiger partial charge on any atom is -0.491 e. The maximum Gasteiger partial charge on any atom is 0.260 e. The smallest absolute Gasteiger partial charge is 0.260 e. The molecule has 0 aliphatic rings. The Balaban J connectivity index is 0.00000306. The van der Waals surface area contributed by atoms with Crippen LogP contribution in [0.25, 0.3) is 10.2 Å². The molecule has 0 spiro atoms. The number of benzene rings is 2. The van der Waals surface area contributed by atoms with Crippen LogP contribution in [0.15, 0.2) is 55.1 Å². The molecule has 4 aromatic rings. The van der Waals surface area contributed by atoms with Gasteiger partial charge in [0.25, 0.3) is 5.91 Å². The summed E-state index contributed by atoms with van der Waals surface area (Å²) in [7, 11) is 0. The van der Waals surface area contributed by atoms with Gasteiger partial charge < -0.3 is 9.30 Å². The van der Waals surface area contributed by atoms with Crippen molar-refractivity contribution in [2.24, 2.45) is 0 Å². The topological polar surface area (TPSA) is 60.2 Å². The van der Waals surface area contributed by atoms with Crippen LogP contribution in [0.1, 0.15) is 36.2 Å². The van der Waals surface area contributed by atoms with Crippen LogP contribution in [0.2, 0.25) is 5.02 Å². The van der Waals surface area contributed by atoms with Gasteiger partial charge in [-0.3, -0.25) is 9.69 Å². The first-order valence-corrected chi connectivity index (χ1v) is 11.7. The van der Waals surface area contributed by atoms with Crippen molar-refractivity contribution in [3.8, 4) is 5.75 Å². The molecular formula is C24H26Cl2N4O2S. The van der Waals surface area contributed by atoms with Crippen LogP contribution in [-0.2, 0) is 6.54 Å². The Bertz CT molecular complexity index is 1170. The summed E-state index contributed by atoms with van der Waals surface area (Å²) in [5.74, 6) is 0.644. The molecule has 0 bridgehead atoms. The minimum absolute atomic E-state index is 0. The molecule has 0 fully saturated rings. The lowest BCUT2D eigenvalue weighted by atomic mass is 10.2. The number of halogens is 2. The van der Waals surface area contributed by atoms with E-state index in [2.05, 4.69) is 4.98 Å². The summed E-state index contributed by atoms with van der Waals surface area (Å²) in [4.78, 5) is 24.1. The van der Waals surface area contributed by atoms with Gasteiger partial charge in [0.1, 0.15) is 5.75 Å². The molecule has 174 valence electrons. The summed E-state index contributed by atoms with van der Waals surface area (Å²) < 4.78 is 8.61. The zero-order chi connectivity index (χ0) is 22.7. The van der Waals surface area contributed by atoms with Crippen molar-refractivity contribution in [3.05, 3.63) is 71.3 Å². The Labute approximate surface area is 208 Å². The molecule has 0 N–H and O–H groups in total. The molecule has 0 radical (unpaired) electrons. The predicted octanol–water partition coefficient (Wildman–Crippen LogP) is 6.40. The molecule has 4 rings (SSSR count). The summed E-state index contributed by atoms with van der Waals surface area (Å²) in [5, 5.41) is 1.30. The van der Waals surface area contributed by atoms with Crippen molar-refractivity contribution in [1.29, 1.82) is 0 Å². The number of aromatic nitrogens is 3. The molecule has 9 heteroatoms. The van der Waals surface area contributed by atoms with Crippen LogP contribution in [0.4, 0.5) is 5.13 Å². The molecule has 0 aliphatic carbocycles. The van der Waals surface area contributed by atoms with Gasteiger partial charge in [-0.25, -0.2) is 9.97 Å². The third-order valence-corrected chi connectivity index (χ3v) is 6.53.